The van der Waals surface area contributed by atoms with Crippen molar-refractivity contribution in [1.29, 1.82) is 0 Å². The highest BCUT2D eigenvalue weighted by molar-refractivity contribution is 6.10. The molecule has 0 saturated heterocycles. The summed E-state index contributed by atoms with van der Waals surface area (Å²) in [7, 11) is 0. The molecule has 0 spiro atoms. The third kappa shape index (κ3) is 2.58. The molecule has 0 radical (unpaired) electrons. The number of carbonyl (C=O) groups is 1. The lowest BCUT2D eigenvalue weighted by atomic mass is 10.2. The number of rotatable bonds is 2. The van der Waals surface area contributed by atoms with Crippen LogP contribution in [0, 0.1) is 0 Å². The maximum Gasteiger partial charge on any atom is 0.341 e. The molecule has 1 aliphatic heterocycles. The summed E-state index contributed by atoms with van der Waals surface area (Å²) in [4.78, 5) is 15.7. The molecule has 1 atom stereocenters. The SMILES string of the molecule is CCOC(=O)C1=C(C)NC[C@@H](C)N=C1. The van der Waals surface area contributed by atoms with Gasteiger partial charge in [-0.25, -0.2) is 4.79 Å². The van der Waals surface area contributed by atoms with E-state index >= 15 is 0 Å². The number of carbonyl (C=O) groups excluding carboxylic acids is 1. The molecule has 0 amide bonds. The Morgan fingerprint density at radius 2 is 2.50 bits per heavy atom. The number of esters is 1. The van der Waals surface area contributed by atoms with Gasteiger partial charge in [0.15, 0.2) is 0 Å². The Hall–Kier alpha value is -1.32. The van der Waals surface area contributed by atoms with Crippen LogP contribution in [0.15, 0.2) is 16.3 Å². The van der Waals surface area contributed by atoms with Crippen LogP contribution in [0.4, 0.5) is 0 Å². The molecular weight excluding hydrogens is 180 g/mol. The zero-order valence-corrected chi connectivity index (χ0v) is 8.83. The molecule has 0 aromatic heterocycles. The average Bonchev–Trinajstić information content (AvgIpc) is 2.30. The zero-order chi connectivity index (χ0) is 10.6. The fraction of sp³-hybridized carbons (Fsp3) is 0.600. The Morgan fingerprint density at radius 3 is 3.14 bits per heavy atom. The minimum absolute atomic E-state index is 0.192. The molecule has 0 aromatic rings. The van der Waals surface area contributed by atoms with Gasteiger partial charge >= 0.3 is 5.97 Å². The largest absolute Gasteiger partial charge is 0.462 e. The fourth-order valence-electron chi connectivity index (χ4n) is 1.16. The Bertz CT molecular complexity index is 282. The highest BCUT2D eigenvalue weighted by Crippen LogP contribution is 2.06. The molecule has 4 heteroatoms. The van der Waals surface area contributed by atoms with E-state index in [1.807, 2.05) is 13.8 Å². The Morgan fingerprint density at radius 1 is 1.79 bits per heavy atom. The number of hydrogen-bond donors (Lipinski definition) is 1. The molecule has 4 nitrogen and oxygen atoms in total. The van der Waals surface area contributed by atoms with E-state index in [1.165, 1.54) is 0 Å². The topological polar surface area (TPSA) is 50.7 Å². The minimum atomic E-state index is -0.310. The van der Waals surface area contributed by atoms with Gasteiger partial charge in [-0.3, -0.25) is 4.99 Å². The van der Waals surface area contributed by atoms with Crippen molar-refractivity contribution in [3.63, 3.8) is 0 Å². The highest BCUT2D eigenvalue weighted by atomic mass is 16.5. The third-order valence-electron chi connectivity index (χ3n) is 2.02. The number of aliphatic imine (C=N–C) groups is 1. The van der Waals surface area contributed by atoms with Crippen molar-refractivity contribution >= 4 is 12.2 Å². The molecular formula is C10H16N2O2. The minimum Gasteiger partial charge on any atom is -0.462 e. The first kappa shape index (κ1) is 10.8. The molecule has 0 unspecified atom stereocenters. The van der Waals surface area contributed by atoms with Gasteiger partial charge in [-0.05, 0) is 20.8 Å². The first-order valence-corrected chi connectivity index (χ1v) is 4.80. The smallest absolute Gasteiger partial charge is 0.341 e. The quantitative estimate of drug-likeness (QED) is 0.667. The van der Waals surface area contributed by atoms with Crippen molar-refractivity contribution in [2.75, 3.05) is 13.2 Å². The van der Waals surface area contributed by atoms with Gasteiger partial charge in [-0.1, -0.05) is 0 Å². The molecule has 1 rings (SSSR count). The standard InChI is InChI=1S/C10H16N2O2/c1-4-14-10(13)9-6-11-7(2)5-12-8(9)3/h6-7,12H,4-5H2,1-3H3/t7-/m1/s1. The van der Waals surface area contributed by atoms with E-state index in [4.69, 9.17) is 4.74 Å². The first-order chi connectivity index (χ1) is 6.65. The van der Waals surface area contributed by atoms with Gasteiger partial charge in [0, 0.05) is 18.5 Å². The van der Waals surface area contributed by atoms with E-state index in [0.717, 1.165) is 12.2 Å². The van der Waals surface area contributed by atoms with Crippen LogP contribution < -0.4 is 5.32 Å². The molecule has 0 aliphatic carbocycles. The van der Waals surface area contributed by atoms with Gasteiger partial charge in [0.1, 0.15) is 0 Å². The van der Waals surface area contributed by atoms with E-state index in [9.17, 15) is 4.79 Å². The van der Waals surface area contributed by atoms with Crippen molar-refractivity contribution in [3.8, 4) is 0 Å². The van der Waals surface area contributed by atoms with Crippen LogP contribution in [0.2, 0.25) is 0 Å². The first-order valence-electron chi connectivity index (χ1n) is 4.80. The van der Waals surface area contributed by atoms with Crippen LogP contribution in [-0.2, 0) is 9.53 Å². The molecule has 0 aromatic carbocycles. The van der Waals surface area contributed by atoms with Crippen LogP contribution in [-0.4, -0.2) is 31.4 Å². The van der Waals surface area contributed by atoms with Crippen molar-refractivity contribution in [2.45, 2.75) is 26.8 Å². The highest BCUT2D eigenvalue weighted by Gasteiger charge is 2.15. The normalized spacial score (nSPS) is 21.5. The summed E-state index contributed by atoms with van der Waals surface area (Å²) >= 11 is 0. The molecule has 1 aliphatic rings. The predicted octanol–water partition coefficient (Wildman–Crippen LogP) is 0.886. The monoisotopic (exact) mass is 196 g/mol. The number of ether oxygens (including phenoxy) is 1. The van der Waals surface area contributed by atoms with E-state index in [2.05, 4.69) is 10.3 Å². The van der Waals surface area contributed by atoms with E-state index in [1.54, 1.807) is 13.1 Å². The van der Waals surface area contributed by atoms with Crippen LogP contribution in [0.1, 0.15) is 20.8 Å². The number of allylic oxidation sites excluding steroid dienone is 1. The molecule has 0 bridgehead atoms. The Balaban J connectivity index is 2.81. The van der Waals surface area contributed by atoms with Gasteiger partial charge in [0.05, 0.1) is 18.2 Å². The second-order valence-corrected chi connectivity index (χ2v) is 3.27. The summed E-state index contributed by atoms with van der Waals surface area (Å²) in [6.45, 7) is 6.78. The van der Waals surface area contributed by atoms with Crippen LogP contribution in [0.5, 0.6) is 0 Å². The second kappa shape index (κ2) is 4.79. The van der Waals surface area contributed by atoms with Crippen LogP contribution in [0.3, 0.4) is 0 Å². The lowest BCUT2D eigenvalue weighted by molar-refractivity contribution is -0.137. The maximum atomic E-state index is 11.5. The van der Waals surface area contributed by atoms with E-state index in [-0.39, 0.29) is 12.0 Å². The van der Waals surface area contributed by atoms with Crippen molar-refractivity contribution in [2.24, 2.45) is 4.99 Å². The van der Waals surface area contributed by atoms with Gasteiger partial charge in [-0.2, -0.15) is 0 Å². The Labute approximate surface area is 84.0 Å². The maximum absolute atomic E-state index is 11.5. The van der Waals surface area contributed by atoms with Crippen molar-refractivity contribution < 1.29 is 9.53 Å². The fourth-order valence-corrected chi connectivity index (χ4v) is 1.16. The number of hydrogen-bond acceptors (Lipinski definition) is 4. The summed E-state index contributed by atoms with van der Waals surface area (Å²) < 4.78 is 4.91. The van der Waals surface area contributed by atoms with Crippen molar-refractivity contribution in [3.05, 3.63) is 11.3 Å². The van der Waals surface area contributed by atoms with Crippen LogP contribution in [0.25, 0.3) is 0 Å². The number of nitrogens with one attached hydrogen (secondary N) is 1. The third-order valence-corrected chi connectivity index (χ3v) is 2.02. The summed E-state index contributed by atoms with van der Waals surface area (Å²) in [5, 5.41) is 3.14. The summed E-state index contributed by atoms with van der Waals surface area (Å²) in [5.74, 6) is -0.310. The number of nitrogens with zero attached hydrogens (tertiary/aromatic N) is 1. The van der Waals surface area contributed by atoms with Crippen LogP contribution >= 0.6 is 0 Å². The van der Waals surface area contributed by atoms with Gasteiger partial charge in [0.25, 0.3) is 0 Å². The summed E-state index contributed by atoms with van der Waals surface area (Å²) in [6.07, 6.45) is 1.60. The van der Waals surface area contributed by atoms with Crippen molar-refractivity contribution in [1.82, 2.24) is 5.32 Å². The molecule has 1 heterocycles. The van der Waals surface area contributed by atoms with Gasteiger partial charge < -0.3 is 10.1 Å². The predicted molar refractivity (Wildman–Crippen MR) is 55.3 cm³/mol. The lowest BCUT2D eigenvalue weighted by Gasteiger charge is -2.07. The second-order valence-electron chi connectivity index (χ2n) is 3.27. The Kier molecular flexibility index (Phi) is 3.68. The van der Waals surface area contributed by atoms with Gasteiger partial charge in [0.2, 0.25) is 0 Å². The zero-order valence-electron chi connectivity index (χ0n) is 8.83. The van der Waals surface area contributed by atoms with E-state index < -0.39 is 0 Å². The summed E-state index contributed by atoms with van der Waals surface area (Å²) in [5.41, 5.74) is 1.35. The average molecular weight is 196 g/mol. The molecule has 0 fully saturated rings. The summed E-state index contributed by atoms with van der Waals surface area (Å²) in [6, 6.07) is 0.192. The molecule has 14 heavy (non-hydrogen) atoms. The van der Waals surface area contributed by atoms with E-state index in [0.29, 0.717) is 12.2 Å². The lowest BCUT2D eigenvalue weighted by Crippen LogP contribution is -2.21. The molecule has 0 saturated carbocycles. The molecule has 1 N–H and O–H groups in total. The van der Waals surface area contributed by atoms with Gasteiger partial charge in [-0.15, -0.1) is 0 Å². The molecule has 78 valence electrons.